The van der Waals surface area contributed by atoms with Crippen LogP contribution in [0.4, 0.5) is 0 Å². The van der Waals surface area contributed by atoms with E-state index in [0.717, 1.165) is 29.5 Å². The molecule has 0 amide bonds. The van der Waals surface area contributed by atoms with Crippen LogP contribution in [0.5, 0.6) is 5.75 Å². The molecule has 0 aromatic heterocycles. The van der Waals surface area contributed by atoms with Gasteiger partial charge < -0.3 is 10.5 Å². The minimum atomic E-state index is 0.316. The van der Waals surface area contributed by atoms with Crippen molar-refractivity contribution in [3.05, 3.63) is 28.2 Å². The Morgan fingerprint density at radius 2 is 2.06 bits per heavy atom. The molecule has 0 fully saturated rings. The summed E-state index contributed by atoms with van der Waals surface area (Å²) in [5.41, 5.74) is 7.38. The van der Waals surface area contributed by atoms with E-state index in [-0.39, 0.29) is 0 Å². The molecule has 2 nitrogen and oxygen atoms in total. The lowest BCUT2D eigenvalue weighted by molar-refractivity contribution is 0.338. The van der Waals surface area contributed by atoms with Crippen LogP contribution >= 0.6 is 15.9 Å². The summed E-state index contributed by atoms with van der Waals surface area (Å²) in [4.78, 5) is 0. The van der Waals surface area contributed by atoms with Crippen LogP contribution in [-0.4, -0.2) is 12.6 Å². The van der Waals surface area contributed by atoms with Gasteiger partial charge in [-0.3, -0.25) is 0 Å². The maximum Gasteiger partial charge on any atom is 0.133 e. The Kier molecular flexibility index (Phi) is 6.72. The molecule has 0 aliphatic carbocycles. The van der Waals surface area contributed by atoms with Gasteiger partial charge in [0.05, 0.1) is 11.1 Å². The van der Waals surface area contributed by atoms with Crippen molar-refractivity contribution in [3.8, 4) is 5.75 Å². The molecule has 1 rings (SSSR count). The second-order valence-corrected chi connectivity index (χ2v) is 5.85. The maximum absolute atomic E-state index is 6.04. The summed E-state index contributed by atoms with van der Waals surface area (Å²) in [5.74, 6) is 1.48. The quantitative estimate of drug-likeness (QED) is 0.820. The van der Waals surface area contributed by atoms with Crippen LogP contribution in [0.25, 0.3) is 0 Å². The molecule has 2 N–H and O–H groups in total. The third-order valence-electron chi connectivity index (χ3n) is 3.16. The molecule has 0 heterocycles. The monoisotopic (exact) mass is 313 g/mol. The highest BCUT2D eigenvalue weighted by Gasteiger charge is 2.07. The summed E-state index contributed by atoms with van der Waals surface area (Å²) in [6.45, 7) is 7.05. The van der Waals surface area contributed by atoms with E-state index >= 15 is 0 Å². The Balaban J connectivity index is 2.46. The normalized spacial score (nSPS) is 12.8. The molecule has 0 bridgehead atoms. The van der Waals surface area contributed by atoms with Crippen LogP contribution in [0.3, 0.4) is 0 Å². The number of benzene rings is 1. The molecule has 0 spiro atoms. The van der Waals surface area contributed by atoms with Gasteiger partial charge in [-0.1, -0.05) is 19.9 Å². The summed E-state index contributed by atoms with van der Waals surface area (Å²) < 4.78 is 6.54. The minimum Gasteiger partial charge on any atom is -0.493 e. The van der Waals surface area contributed by atoms with Crippen LogP contribution in [-0.2, 0) is 6.42 Å². The van der Waals surface area contributed by atoms with Gasteiger partial charge in [-0.05, 0) is 65.7 Å². The second-order valence-electron chi connectivity index (χ2n) is 5.00. The van der Waals surface area contributed by atoms with Crippen LogP contribution in [0.1, 0.15) is 39.2 Å². The molecule has 1 aromatic rings. The molecule has 1 unspecified atom stereocenters. The van der Waals surface area contributed by atoms with Crippen molar-refractivity contribution in [2.45, 2.75) is 46.1 Å². The Morgan fingerprint density at radius 1 is 1.33 bits per heavy atom. The number of nitrogens with two attached hydrogens (primary N) is 1. The van der Waals surface area contributed by atoms with E-state index in [0.29, 0.717) is 18.6 Å². The lowest BCUT2D eigenvalue weighted by Crippen LogP contribution is -2.26. The molecule has 3 heteroatoms. The van der Waals surface area contributed by atoms with Crippen molar-refractivity contribution >= 4 is 15.9 Å². The van der Waals surface area contributed by atoms with E-state index in [4.69, 9.17) is 10.5 Å². The zero-order valence-electron chi connectivity index (χ0n) is 11.6. The highest BCUT2D eigenvalue weighted by molar-refractivity contribution is 9.10. The van der Waals surface area contributed by atoms with Crippen molar-refractivity contribution in [3.63, 3.8) is 0 Å². The largest absolute Gasteiger partial charge is 0.493 e. The van der Waals surface area contributed by atoms with E-state index in [1.54, 1.807) is 0 Å². The summed E-state index contributed by atoms with van der Waals surface area (Å²) in [7, 11) is 0. The molecule has 1 atom stereocenters. The first-order valence-electron chi connectivity index (χ1n) is 6.71. The molecule has 0 aliphatic heterocycles. The lowest BCUT2D eigenvalue weighted by atomic mass is 9.98. The first-order valence-corrected chi connectivity index (χ1v) is 7.50. The molecule has 0 saturated carbocycles. The van der Waals surface area contributed by atoms with Crippen molar-refractivity contribution in [2.75, 3.05) is 6.61 Å². The highest BCUT2D eigenvalue weighted by Crippen LogP contribution is 2.26. The summed E-state index contributed by atoms with van der Waals surface area (Å²) in [6.07, 6.45) is 3.30. The smallest absolute Gasteiger partial charge is 0.133 e. The Hall–Kier alpha value is -0.540. The zero-order chi connectivity index (χ0) is 13.5. The first kappa shape index (κ1) is 15.5. The fourth-order valence-corrected chi connectivity index (χ4v) is 2.39. The Bertz CT molecular complexity index is 366. The van der Waals surface area contributed by atoms with Crippen LogP contribution in [0, 0.1) is 5.92 Å². The SMILES string of the molecule is CCOc1ccc(CCCC(N)C(C)C)cc1Br. The minimum absolute atomic E-state index is 0.316. The van der Waals surface area contributed by atoms with Gasteiger partial charge in [0.1, 0.15) is 5.75 Å². The van der Waals surface area contributed by atoms with Gasteiger partial charge in [0.25, 0.3) is 0 Å². The number of ether oxygens (including phenoxy) is 1. The predicted octanol–water partition coefficient (Wildman–Crippen LogP) is 4.15. The van der Waals surface area contributed by atoms with Crippen LogP contribution in [0.15, 0.2) is 22.7 Å². The third-order valence-corrected chi connectivity index (χ3v) is 3.78. The summed E-state index contributed by atoms with van der Waals surface area (Å²) in [5, 5.41) is 0. The Morgan fingerprint density at radius 3 is 2.61 bits per heavy atom. The van der Waals surface area contributed by atoms with E-state index in [9.17, 15) is 0 Å². The van der Waals surface area contributed by atoms with Crippen molar-refractivity contribution < 1.29 is 4.74 Å². The highest BCUT2D eigenvalue weighted by atomic mass is 79.9. The van der Waals surface area contributed by atoms with Gasteiger partial charge in [-0.15, -0.1) is 0 Å². The standard InChI is InChI=1S/C15H24BrNO/c1-4-18-15-9-8-12(10-13(15)16)6-5-7-14(17)11(2)3/h8-11,14H,4-7,17H2,1-3H3. The second kappa shape index (κ2) is 7.80. The maximum atomic E-state index is 6.04. The molecule has 0 saturated heterocycles. The van der Waals surface area contributed by atoms with Crippen molar-refractivity contribution in [2.24, 2.45) is 11.7 Å². The average molecular weight is 314 g/mol. The third kappa shape index (κ3) is 4.99. The zero-order valence-corrected chi connectivity index (χ0v) is 13.2. The van der Waals surface area contributed by atoms with E-state index in [1.807, 2.05) is 13.0 Å². The molecule has 0 radical (unpaired) electrons. The van der Waals surface area contributed by atoms with Gasteiger partial charge in [-0.2, -0.15) is 0 Å². The summed E-state index contributed by atoms with van der Waals surface area (Å²) >= 11 is 3.54. The first-order chi connectivity index (χ1) is 8.54. The lowest BCUT2D eigenvalue weighted by Gasteiger charge is -2.15. The van der Waals surface area contributed by atoms with Gasteiger partial charge in [0.15, 0.2) is 0 Å². The topological polar surface area (TPSA) is 35.2 Å². The van der Waals surface area contributed by atoms with E-state index < -0.39 is 0 Å². The number of hydrogen-bond acceptors (Lipinski definition) is 2. The average Bonchev–Trinajstić information content (AvgIpc) is 2.32. The van der Waals surface area contributed by atoms with Crippen LogP contribution < -0.4 is 10.5 Å². The molecular weight excluding hydrogens is 290 g/mol. The molecule has 18 heavy (non-hydrogen) atoms. The molecule has 0 aliphatic rings. The number of hydrogen-bond donors (Lipinski definition) is 1. The van der Waals surface area contributed by atoms with E-state index in [1.165, 1.54) is 5.56 Å². The van der Waals surface area contributed by atoms with Gasteiger partial charge in [0.2, 0.25) is 0 Å². The van der Waals surface area contributed by atoms with Gasteiger partial charge >= 0.3 is 0 Å². The fraction of sp³-hybridized carbons (Fsp3) is 0.600. The van der Waals surface area contributed by atoms with Crippen molar-refractivity contribution in [1.29, 1.82) is 0 Å². The van der Waals surface area contributed by atoms with Crippen LogP contribution in [0.2, 0.25) is 0 Å². The van der Waals surface area contributed by atoms with Gasteiger partial charge in [0, 0.05) is 6.04 Å². The number of aryl methyl sites for hydroxylation is 1. The summed E-state index contributed by atoms with van der Waals surface area (Å²) in [6, 6.07) is 6.63. The fourth-order valence-electron chi connectivity index (χ4n) is 1.85. The van der Waals surface area contributed by atoms with Gasteiger partial charge in [-0.25, -0.2) is 0 Å². The van der Waals surface area contributed by atoms with E-state index in [2.05, 4.69) is 41.9 Å². The molecule has 102 valence electrons. The molecule has 1 aromatic carbocycles. The predicted molar refractivity (Wildman–Crippen MR) is 81.1 cm³/mol. The Labute approximate surface area is 119 Å². The number of rotatable bonds is 7. The molecular formula is C15H24BrNO. The number of halogens is 1. The van der Waals surface area contributed by atoms with Crippen molar-refractivity contribution in [1.82, 2.24) is 0 Å².